The van der Waals surface area contributed by atoms with Gasteiger partial charge in [-0.25, -0.2) is 8.42 Å². The topological polar surface area (TPSA) is 114 Å². The number of anilines is 1. The first-order valence-corrected chi connectivity index (χ1v) is 8.28. The van der Waals surface area contributed by atoms with Crippen LogP contribution in [-0.2, 0) is 14.8 Å². The first-order valence-electron chi connectivity index (χ1n) is 6.62. The molecule has 4 N–H and O–H groups in total. The van der Waals surface area contributed by atoms with Crippen LogP contribution in [0.5, 0.6) is 0 Å². The minimum absolute atomic E-state index is 0.101. The van der Waals surface area contributed by atoms with E-state index in [0.717, 1.165) is 12.8 Å². The fourth-order valence-electron chi connectivity index (χ4n) is 2.37. The van der Waals surface area contributed by atoms with Crippen molar-refractivity contribution in [1.29, 1.82) is 0 Å². The van der Waals surface area contributed by atoms with Crippen molar-refractivity contribution in [3.8, 4) is 0 Å². The van der Waals surface area contributed by atoms with E-state index in [0.29, 0.717) is 23.4 Å². The summed E-state index contributed by atoms with van der Waals surface area (Å²) in [5, 5.41) is 11.8. The summed E-state index contributed by atoms with van der Waals surface area (Å²) in [5.41, 5.74) is 7.00. The number of nitrogens with one attached hydrogen (secondary N) is 1. The number of benzene rings is 1. The Labute approximate surface area is 123 Å². The van der Waals surface area contributed by atoms with Gasteiger partial charge in [-0.3, -0.25) is 4.72 Å². The van der Waals surface area contributed by atoms with E-state index in [2.05, 4.69) is 9.88 Å². The highest BCUT2D eigenvalue weighted by Gasteiger charge is 2.24. The molecule has 1 heterocycles. The molecule has 2 rings (SSSR count). The van der Waals surface area contributed by atoms with Gasteiger partial charge in [-0.15, -0.1) is 0 Å². The number of nitrogens with two attached hydrogens (primary N) is 1. The van der Waals surface area contributed by atoms with Crippen LogP contribution in [0.3, 0.4) is 0 Å². The molecule has 1 unspecified atom stereocenters. The molecule has 1 fully saturated rings. The van der Waals surface area contributed by atoms with Gasteiger partial charge in [0, 0.05) is 12.2 Å². The highest BCUT2D eigenvalue weighted by Crippen LogP contribution is 2.22. The summed E-state index contributed by atoms with van der Waals surface area (Å²) in [4.78, 5) is 0. The summed E-state index contributed by atoms with van der Waals surface area (Å²) in [6, 6.07) is 5.03. The minimum Gasteiger partial charge on any atom is -0.409 e. The Bertz CT molecular complexity index is 637. The Kier molecular flexibility index (Phi) is 4.69. The van der Waals surface area contributed by atoms with E-state index in [1.54, 1.807) is 25.1 Å². The Hall–Kier alpha value is -1.80. The predicted molar refractivity (Wildman–Crippen MR) is 80.1 cm³/mol. The van der Waals surface area contributed by atoms with Crippen LogP contribution in [-0.4, -0.2) is 37.9 Å². The highest BCUT2D eigenvalue weighted by atomic mass is 32.2. The van der Waals surface area contributed by atoms with Crippen molar-refractivity contribution in [3.63, 3.8) is 0 Å². The normalized spacial score (nSPS) is 19.7. The largest absolute Gasteiger partial charge is 0.409 e. The Morgan fingerprint density at radius 2 is 2.33 bits per heavy atom. The van der Waals surface area contributed by atoms with Gasteiger partial charge in [0.1, 0.15) is 0 Å². The molecule has 0 aromatic heterocycles. The third-order valence-corrected chi connectivity index (χ3v) is 4.67. The van der Waals surface area contributed by atoms with Crippen molar-refractivity contribution < 1.29 is 18.4 Å². The van der Waals surface area contributed by atoms with Crippen LogP contribution < -0.4 is 10.5 Å². The summed E-state index contributed by atoms with van der Waals surface area (Å²) in [5.74, 6) is -0.237. The van der Waals surface area contributed by atoms with E-state index < -0.39 is 10.0 Å². The maximum absolute atomic E-state index is 12.2. The average molecular weight is 313 g/mol. The van der Waals surface area contributed by atoms with E-state index in [1.807, 2.05) is 0 Å². The minimum atomic E-state index is -3.57. The zero-order chi connectivity index (χ0) is 15.5. The summed E-state index contributed by atoms with van der Waals surface area (Å²) in [6.07, 6.45) is 1.33. The molecule has 0 radical (unpaired) electrons. The number of ether oxygens (including phenoxy) is 1. The highest BCUT2D eigenvalue weighted by molar-refractivity contribution is 7.92. The fourth-order valence-corrected chi connectivity index (χ4v) is 3.71. The van der Waals surface area contributed by atoms with Gasteiger partial charge in [-0.2, -0.15) is 0 Å². The van der Waals surface area contributed by atoms with E-state index >= 15 is 0 Å². The average Bonchev–Trinajstić information content (AvgIpc) is 2.89. The summed E-state index contributed by atoms with van der Waals surface area (Å²) < 4.78 is 32.2. The zero-order valence-corrected chi connectivity index (χ0v) is 12.6. The van der Waals surface area contributed by atoms with Crippen molar-refractivity contribution in [2.45, 2.75) is 25.9 Å². The Balaban J connectivity index is 2.24. The SMILES string of the molecule is Cc1cccc(NS(=O)(=O)CC2CCCO2)c1/C(N)=N/O. The van der Waals surface area contributed by atoms with Crippen molar-refractivity contribution in [3.05, 3.63) is 29.3 Å². The second kappa shape index (κ2) is 6.31. The van der Waals surface area contributed by atoms with E-state index in [1.165, 1.54) is 0 Å². The molecule has 1 atom stereocenters. The van der Waals surface area contributed by atoms with E-state index in [4.69, 9.17) is 15.7 Å². The monoisotopic (exact) mass is 313 g/mol. The third-order valence-electron chi connectivity index (χ3n) is 3.33. The number of hydrogen-bond acceptors (Lipinski definition) is 5. The molecule has 1 aliphatic rings. The van der Waals surface area contributed by atoms with Gasteiger partial charge < -0.3 is 15.7 Å². The first kappa shape index (κ1) is 15.6. The molecule has 0 bridgehead atoms. The maximum Gasteiger partial charge on any atom is 0.235 e. The standard InChI is InChI=1S/C13H19N3O4S/c1-9-4-2-6-11(12(9)13(14)15-17)16-21(18,19)8-10-5-3-7-20-10/h2,4,6,10,16-17H,3,5,7-8H2,1H3,(H2,14,15). The smallest absolute Gasteiger partial charge is 0.235 e. The molecule has 0 aliphatic carbocycles. The molecule has 7 nitrogen and oxygen atoms in total. The third kappa shape index (κ3) is 3.85. The van der Waals surface area contributed by atoms with Crippen molar-refractivity contribution in [2.75, 3.05) is 17.1 Å². The van der Waals surface area contributed by atoms with Crippen LogP contribution in [0.1, 0.15) is 24.0 Å². The second-order valence-electron chi connectivity index (χ2n) is 5.00. The molecule has 21 heavy (non-hydrogen) atoms. The number of nitrogens with zero attached hydrogens (tertiary/aromatic N) is 1. The lowest BCUT2D eigenvalue weighted by Gasteiger charge is -2.15. The van der Waals surface area contributed by atoms with Crippen molar-refractivity contribution in [2.24, 2.45) is 10.9 Å². The molecule has 0 amide bonds. The predicted octanol–water partition coefficient (Wildman–Crippen LogP) is 1.01. The fraction of sp³-hybridized carbons (Fsp3) is 0.462. The van der Waals surface area contributed by atoms with Gasteiger partial charge in [0.2, 0.25) is 10.0 Å². The molecule has 8 heteroatoms. The van der Waals surface area contributed by atoms with Gasteiger partial charge >= 0.3 is 0 Å². The molecular formula is C13H19N3O4S. The molecular weight excluding hydrogens is 294 g/mol. The first-order chi connectivity index (χ1) is 9.93. The van der Waals surface area contributed by atoms with Gasteiger partial charge in [0.15, 0.2) is 5.84 Å². The number of oxime groups is 1. The summed E-state index contributed by atoms with van der Waals surface area (Å²) in [6.45, 7) is 2.35. The van der Waals surface area contributed by atoms with Gasteiger partial charge in [-0.1, -0.05) is 17.3 Å². The van der Waals surface area contributed by atoms with Crippen LogP contribution in [0.15, 0.2) is 23.4 Å². The quantitative estimate of drug-likeness (QED) is 0.325. The molecule has 116 valence electrons. The summed E-state index contributed by atoms with van der Waals surface area (Å²) in [7, 11) is -3.57. The number of sulfonamides is 1. The molecule has 1 aliphatic heterocycles. The van der Waals surface area contributed by atoms with Crippen LogP contribution >= 0.6 is 0 Å². The second-order valence-corrected chi connectivity index (χ2v) is 6.77. The van der Waals surface area contributed by atoms with Crippen LogP contribution in [0.2, 0.25) is 0 Å². The van der Waals surface area contributed by atoms with Gasteiger partial charge in [0.25, 0.3) is 0 Å². The molecule has 0 saturated carbocycles. The molecule has 1 aromatic rings. The van der Waals surface area contributed by atoms with Crippen LogP contribution in [0.25, 0.3) is 0 Å². The lowest BCUT2D eigenvalue weighted by Crippen LogP contribution is -2.27. The van der Waals surface area contributed by atoms with Crippen LogP contribution in [0.4, 0.5) is 5.69 Å². The number of rotatable bonds is 5. The van der Waals surface area contributed by atoms with Crippen LogP contribution in [0, 0.1) is 6.92 Å². The number of aryl methyl sites for hydroxylation is 1. The Morgan fingerprint density at radius 1 is 1.57 bits per heavy atom. The van der Waals surface area contributed by atoms with E-state index in [-0.39, 0.29) is 17.7 Å². The molecule has 1 aromatic carbocycles. The number of hydrogen-bond donors (Lipinski definition) is 3. The lowest BCUT2D eigenvalue weighted by atomic mass is 10.1. The Morgan fingerprint density at radius 3 is 2.95 bits per heavy atom. The van der Waals surface area contributed by atoms with Gasteiger partial charge in [-0.05, 0) is 31.4 Å². The summed E-state index contributed by atoms with van der Waals surface area (Å²) >= 11 is 0. The molecule has 1 saturated heterocycles. The maximum atomic E-state index is 12.2. The van der Waals surface area contributed by atoms with Gasteiger partial charge in [0.05, 0.1) is 17.5 Å². The van der Waals surface area contributed by atoms with Crippen molar-refractivity contribution in [1.82, 2.24) is 0 Å². The lowest BCUT2D eigenvalue weighted by molar-refractivity contribution is 0.127. The van der Waals surface area contributed by atoms with Crippen molar-refractivity contribution >= 4 is 21.5 Å². The number of amidine groups is 1. The van der Waals surface area contributed by atoms with E-state index in [9.17, 15) is 8.42 Å². The molecule has 0 spiro atoms. The zero-order valence-electron chi connectivity index (χ0n) is 11.7.